The van der Waals surface area contributed by atoms with Gasteiger partial charge >= 0.3 is 0 Å². The fourth-order valence-corrected chi connectivity index (χ4v) is 4.27. The Morgan fingerprint density at radius 3 is 2.56 bits per heavy atom. The highest BCUT2D eigenvalue weighted by molar-refractivity contribution is 5.81. The smallest absolute Gasteiger partial charge is 0.238 e. The first-order valence-electron chi connectivity index (χ1n) is 7.61. The average Bonchev–Trinajstić information content (AvgIpc) is 2.97. The standard InChI is InChI=1S/C15H26N2O/c1-15(2)8-7-12(9-15)17-13(18)10-16-14(17)11-5-3-4-6-11/h11-12,14,16H,3-10H2,1-2H3. The first kappa shape index (κ1) is 12.5. The molecule has 3 heteroatoms. The molecular weight excluding hydrogens is 224 g/mol. The summed E-state index contributed by atoms with van der Waals surface area (Å²) in [5, 5.41) is 3.48. The molecule has 102 valence electrons. The van der Waals surface area contributed by atoms with Crippen LogP contribution in [0.4, 0.5) is 0 Å². The first-order valence-corrected chi connectivity index (χ1v) is 7.61. The van der Waals surface area contributed by atoms with E-state index in [2.05, 4.69) is 24.1 Å². The minimum atomic E-state index is 0.342. The zero-order valence-electron chi connectivity index (χ0n) is 11.7. The summed E-state index contributed by atoms with van der Waals surface area (Å²) in [7, 11) is 0. The Labute approximate surface area is 110 Å². The summed E-state index contributed by atoms with van der Waals surface area (Å²) in [5.74, 6) is 1.05. The summed E-state index contributed by atoms with van der Waals surface area (Å²) in [6.45, 7) is 5.25. The molecule has 3 nitrogen and oxygen atoms in total. The summed E-state index contributed by atoms with van der Waals surface area (Å²) in [4.78, 5) is 14.4. The summed E-state index contributed by atoms with van der Waals surface area (Å²) in [6.07, 6.45) is 9.29. The van der Waals surface area contributed by atoms with E-state index in [0.29, 0.717) is 36.0 Å². The van der Waals surface area contributed by atoms with Crippen molar-refractivity contribution in [3.8, 4) is 0 Å². The Morgan fingerprint density at radius 1 is 1.22 bits per heavy atom. The highest BCUT2D eigenvalue weighted by atomic mass is 16.2. The fraction of sp³-hybridized carbons (Fsp3) is 0.933. The Balaban J connectivity index is 1.73. The van der Waals surface area contributed by atoms with Crippen molar-refractivity contribution in [1.29, 1.82) is 0 Å². The van der Waals surface area contributed by atoms with Crippen LogP contribution in [0, 0.1) is 11.3 Å². The van der Waals surface area contributed by atoms with Crippen LogP contribution in [0.3, 0.4) is 0 Å². The first-order chi connectivity index (χ1) is 8.57. The predicted molar refractivity (Wildman–Crippen MR) is 72.0 cm³/mol. The quantitative estimate of drug-likeness (QED) is 0.816. The fourth-order valence-electron chi connectivity index (χ4n) is 4.27. The third kappa shape index (κ3) is 2.18. The summed E-state index contributed by atoms with van der Waals surface area (Å²) in [5.41, 5.74) is 0.424. The Kier molecular flexibility index (Phi) is 3.13. The number of amides is 1. The second-order valence-corrected chi connectivity index (χ2v) is 7.23. The van der Waals surface area contributed by atoms with Crippen LogP contribution in [0.25, 0.3) is 0 Å². The molecule has 0 aromatic carbocycles. The Bertz CT molecular complexity index is 333. The van der Waals surface area contributed by atoms with Crippen LogP contribution in [0.5, 0.6) is 0 Å². The molecule has 3 rings (SSSR count). The number of nitrogens with one attached hydrogen (secondary N) is 1. The van der Waals surface area contributed by atoms with Gasteiger partial charge in [0.25, 0.3) is 0 Å². The van der Waals surface area contributed by atoms with E-state index in [4.69, 9.17) is 0 Å². The van der Waals surface area contributed by atoms with Gasteiger partial charge in [-0.1, -0.05) is 26.7 Å². The van der Waals surface area contributed by atoms with E-state index in [0.717, 1.165) is 0 Å². The monoisotopic (exact) mass is 250 g/mol. The minimum Gasteiger partial charge on any atom is -0.323 e. The van der Waals surface area contributed by atoms with E-state index in [1.165, 1.54) is 44.9 Å². The van der Waals surface area contributed by atoms with Crippen LogP contribution in [0.15, 0.2) is 0 Å². The summed E-state index contributed by atoms with van der Waals surface area (Å²) < 4.78 is 0. The molecular formula is C15H26N2O. The zero-order valence-corrected chi connectivity index (χ0v) is 11.7. The molecule has 2 aliphatic carbocycles. The number of nitrogens with zero attached hydrogens (tertiary/aromatic N) is 1. The van der Waals surface area contributed by atoms with Crippen LogP contribution in [0.1, 0.15) is 58.8 Å². The van der Waals surface area contributed by atoms with E-state index in [1.807, 2.05) is 0 Å². The van der Waals surface area contributed by atoms with Crippen molar-refractivity contribution < 1.29 is 4.79 Å². The van der Waals surface area contributed by atoms with Crippen molar-refractivity contribution >= 4 is 5.91 Å². The van der Waals surface area contributed by atoms with Crippen LogP contribution in [0.2, 0.25) is 0 Å². The van der Waals surface area contributed by atoms with Gasteiger partial charge < -0.3 is 4.90 Å². The second kappa shape index (κ2) is 4.52. The molecule has 3 aliphatic rings. The molecule has 1 heterocycles. The third-order valence-electron chi connectivity index (χ3n) is 5.23. The number of hydrogen-bond acceptors (Lipinski definition) is 2. The molecule has 1 N–H and O–H groups in total. The highest BCUT2D eigenvalue weighted by Gasteiger charge is 2.44. The van der Waals surface area contributed by atoms with Crippen molar-refractivity contribution in [1.82, 2.24) is 10.2 Å². The van der Waals surface area contributed by atoms with Crippen molar-refractivity contribution in [2.45, 2.75) is 71.0 Å². The van der Waals surface area contributed by atoms with Gasteiger partial charge in [-0.2, -0.15) is 0 Å². The molecule has 1 saturated heterocycles. The SMILES string of the molecule is CC1(C)CCC(N2C(=O)CNC2C2CCCC2)C1. The van der Waals surface area contributed by atoms with E-state index in [-0.39, 0.29) is 0 Å². The number of carbonyl (C=O) groups excluding carboxylic acids is 1. The maximum atomic E-state index is 12.2. The lowest BCUT2D eigenvalue weighted by Crippen LogP contribution is -2.47. The molecule has 2 atom stereocenters. The van der Waals surface area contributed by atoms with Gasteiger partial charge in [-0.05, 0) is 43.4 Å². The molecule has 0 aromatic heterocycles. The zero-order chi connectivity index (χ0) is 12.8. The summed E-state index contributed by atoms with van der Waals surface area (Å²) >= 11 is 0. The van der Waals surface area contributed by atoms with Gasteiger partial charge in [0.05, 0.1) is 12.7 Å². The lowest BCUT2D eigenvalue weighted by Gasteiger charge is -2.34. The molecule has 1 aliphatic heterocycles. The van der Waals surface area contributed by atoms with Crippen molar-refractivity contribution in [3.05, 3.63) is 0 Å². The number of hydrogen-bond donors (Lipinski definition) is 1. The van der Waals surface area contributed by atoms with E-state index in [9.17, 15) is 4.79 Å². The minimum absolute atomic E-state index is 0.342. The summed E-state index contributed by atoms with van der Waals surface area (Å²) in [6, 6.07) is 0.494. The van der Waals surface area contributed by atoms with E-state index < -0.39 is 0 Å². The van der Waals surface area contributed by atoms with Crippen LogP contribution < -0.4 is 5.32 Å². The largest absolute Gasteiger partial charge is 0.323 e. The van der Waals surface area contributed by atoms with Gasteiger partial charge in [0.2, 0.25) is 5.91 Å². The van der Waals surface area contributed by atoms with Gasteiger partial charge in [0, 0.05) is 6.04 Å². The van der Waals surface area contributed by atoms with Crippen LogP contribution >= 0.6 is 0 Å². The third-order valence-corrected chi connectivity index (χ3v) is 5.23. The van der Waals surface area contributed by atoms with Crippen molar-refractivity contribution in [3.63, 3.8) is 0 Å². The Morgan fingerprint density at radius 2 is 1.94 bits per heavy atom. The Hall–Kier alpha value is -0.570. The predicted octanol–water partition coefficient (Wildman–Crippen LogP) is 2.51. The molecule has 0 radical (unpaired) electrons. The van der Waals surface area contributed by atoms with Crippen LogP contribution in [-0.2, 0) is 4.79 Å². The molecule has 0 aromatic rings. The molecule has 18 heavy (non-hydrogen) atoms. The molecule has 1 amide bonds. The molecule has 2 saturated carbocycles. The number of carbonyl (C=O) groups is 1. The van der Waals surface area contributed by atoms with Gasteiger partial charge in [-0.3, -0.25) is 10.1 Å². The van der Waals surface area contributed by atoms with Crippen molar-refractivity contribution in [2.75, 3.05) is 6.54 Å². The lowest BCUT2D eigenvalue weighted by atomic mass is 9.91. The maximum Gasteiger partial charge on any atom is 0.238 e. The number of rotatable bonds is 2. The second-order valence-electron chi connectivity index (χ2n) is 7.23. The van der Waals surface area contributed by atoms with Crippen LogP contribution in [-0.4, -0.2) is 29.6 Å². The van der Waals surface area contributed by atoms with Crippen molar-refractivity contribution in [2.24, 2.45) is 11.3 Å². The van der Waals surface area contributed by atoms with Gasteiger partial charge in [-0.25, -0.2) is 0 Å². The molecule has 2 unspecified atom stereocenters. The van der Waals surface area contributed by atoms with Gasteiger partial charge in [0.1, 0.15) is 0 Å². The topological polar surface area (TPSA) is 32.3 Å². The van der Waals surface area contributed by atoms with Gasteiger partial charge in [-0.15, -0.1) is 0 Å². The highest BCUT2D eigenvalue weighted by Crippen LogP contribution is 2.42. The molecule has 0 bridgehead atoms. The molecule has 3 fully saturated rings. The van der Waals surface area contributed by atoms with Gasteiger partial charge in [0.15, 0.2) is 0 Å². The lowest BCUT2D eigenvalue weighted by molar-refractivity contribution is -0.131. The molecule has 0 spiro atoms. The average molecular weight is 250 g/mol. The van der Waals surface area contributed by atoms with E-state index in [1.54, 1.807) is 0 Å². The maximum absolute atomic E-state index is 12.2. The normalized spacial score (nSPS) is 36.8. The van der Waals surface area contributed by atoms with E-state index >= 15 is 0 Å².